The van der Waals surface area contributed by atoms with Crippen molar-refractivity contribution < 1.29 is 9.53 Å². The van der Waals surface area contributed by atoms with E-state index >= 15 is 0 Å². The lowest BCUT2D eigenvalue weighted by atomic mass is 10.2. The normalized spacial score (nSPS) is 10.9. The van der Waals surface area contributed by atoms with E-state index in [0.717, 1.165) is 16.5 Å². The summed E-state index contributed by atoms with van der Waals surface area (Å²) in [6, 6.07) is 25.8. The monoisotopic (exact) mass is 397 g/mol. The first-order valence-electron chi connectivity index (χ1n) is 9.41. The number of nitrogens with one attached hydrogen (secondary N) is 2. The maximum atomic E-state index is 12.3. The zero-order chi connectivity index (χ0) is 20.8. The van der Waals surface area contributed by atoms with E-state index < -0.39 is 0 Å². The standard InChI is InChI=1S/C24H19N3O3/c28-23-20(14-19-8-4-5-9-22(19)26-23)15-25-27-24(29)18-10-12-21(13-11-18)30-16-17-6-2-1-3-7-17/h1-15H,16H2,(H,26,28)(H,27,29)/b25-15-. The maximum absolute atomic E-state index is 12.3. The molecule has 0 fully saturated rings. The smallest absolute Gasteiger partial charge is 0.271 e. The lowest BCUT2D eigenvalue weighted by Crippen LogP contribution is -2.19. The summed E-state index contributed by atoms with van der Waals surface area (Å²) in [5.41, 5.74) is 4.78. The Morgan fingerprint density at radius 2 is 1.70 bits per heavy atom. The van der Waals surface area contributed by atoms with E-state index in [1.54, 1.807) is 30.3 Å². The van der Waals surface area contributed by atoms with Crippen molar-refractivity contribution in [1.29, 1.82) is 0 Å². The number of hydrazone groups is 1. The lowest BCUT2D eigenvalue weighted by molar-refractivity contribution is 0.0955. The quantitative estimate of drug-likeness (QED) is 0.383. The van der Waals surface area contributed by atoms with Crippen molar-refractivity contribution in [2.45, 2.75) is 6.61 Å². The summed E-state index contributed by atoms with van der Waals surface area (Å²) in [5, 5.41) is 4.79. The van der Waals surface area contributed by atoms with Crippen LogP contribution in [0.5, 0.6) is 5.75 Å². The second-order valence-electron chi connectivity index (χ2n) is 6.64. The molecule has 2 N–H and O–H groups in total. The third-order valence-electron chi connectivity index (χ3n) is 4.52. The van der Waals surface area contributed by atoms with Gasteiger partial charge in [0.25, 0.3) is 11.5 Å². The molecular formula is C24H19N3O3. The number of hydrogen-bond acceptors (Lipinski definition) is 4. The molecule has 0 saturated heterocycles. The van der Waals surface area contributed by atoms with Crippen molar-refractivity contribution in [3.05, 3.63) is 112 Å². The second-order valence-corrected chi connectivity index (χ2v) is 6.64. The minimum Gasteiger partial charge on any atom is -0.489 e. The predicted octanol–water partition coefficient (Wildman–Crippen LogP) is 3.87. The Kier molecular flexibility index (Phi) is 5.66. The number of benzene rings is 3. The second kappa shape index (κ2) is 8.87. The number of para-hydroxylation sites is 1. The van der Waals surface area contributed by atoms with E-state index in [1.807, 2.05) is 54.6 Å². The number of nitrogens with zero attached hydrogens (tertiary/aromatic N) is 1. The number of amides is 1. The van der Waals surface area contributed by atoms with Gasteiger partial charge in [0, 0.05) is 11.1 Å². The fraction of sp³-hybridized carbons (Fsp3) is 0.0417. The zero-order valence-corrected chi connectivity index (χ0v) is 16.0. The van der Waals surface area contributed by atoms with Crippen LogP contribution in [0.3, 0.4) is 0 Å². The molecular weight excluding hydrogens is 378 g/mol. The molecule has 6 nitrogen and oxygen atoms in total. The molecule has 30 heavy (non-hydrogen) atoms. The summed E-state index contributed by atoms with van der Waals surface area (Å²) in [4.78, 5) is 27.2. The van der Waals surface area contributed by atoms with Crippen molar-refractivity contribution in [1.82, 2.24) is 10.4 Å². The molecule has 1 aromatic heterocycles. The molecule has 4 aromatic rings. The molecule has 0 aliphatic carbocycles. The van der Waals surface area contributed by atoms with Crippen LogP contribution >= 0.6 is 0 Å². The number of fused-ring (bicyclic) bond motifs is 1. The first-order valence-corrected chi connectivity index (χ1v) is 9.41. The Hall–Kier alpha value is -4.19. The van der Waals surface area contributed by atoms with E-state index in [2.05, 4.69) is 15.5 Å². The molecule has 1 heterocycles. The molecule has 3 aromatic carbocycles. The zero-order valence-electron chi connectivity index (χ0n) is 16.0. The molecule has 0 radical (unpaired) electrons. The predicted molar refractivity (Wildman–Crippen MR) is 117 cm³/mol. The van der Waals surface area contributed by atoms with E-state index in [0.29, 0.717) is 23.5 Å². The van der Waals surface area contributed by atoms with Crippen molar-refractivity contribution in [2.24, 2.45) is 5.10 Å². The minimum atomic E-state index is -0.377. The molecule has 0 atom stereocenters. The maximum Gasteiger partial charge on any atom is 0.271 e. The fourth-order valence-corrected chi connectivity index (χ4v) is 2.93. The van der Waals surface area contributed by atoms with Crippen LogP contribution in [0.15, 0.2) is 94.8 Å². The molecule has 0 unspecified atom stereocenters. The van der Waals surface area contributed by atoms with Gasteiger partial charge in [0.15, 0.2) is 0 Å². The van der Waals surface area contributed by atoms with E-state index in [9.17, 15) is 9.59 Å². The first-order chi connectivity index (χ1) is 14.7. The summed E-state index contributed by atoms with van der Waals surface area (Å²) >= 11 is 0. The highest BCUT2D eigenvalue weighted by atomic mass is 16.5. The number of rotatable bonds is 6. The highest BCUT2D eigenvalue weighted by Gasteiger charge is 2.05. The number of carbonyl (C=O) groups is 1. The highest BCUT2D eigenvalue weighted by Crippen LogP contribution is 2.14. The minimum absolute atomic E-state index is 0.272. The molecule has 0 aliphatic rings. The van der Waals surface area contributed by atoms with Crippen molar-refractivity contribution in [2.75, 3.05) is 0 Å². The summed E-state index contributed by atoms with van der Waals surface area (Å²) in [5.74, 6) is 0.291. The molecule has 6 heteroatoms. The fourth-order valence-electron chi connectivity index (χ4n) is 2.93. The summed E-state index contributed by atoms with van der Waals surface area (Å²) in [6.45, 7) is 0.455. The summed E-state index contributed by atoms with van der Waals surface area (Å²) in [7, 11) is 0. The molecule has 1 amide bonds. The van der Waals surface area contributed by atoms with Crippen molar-refractivity contribution >= 4 is 23.0 Å². The van der Waals surface area contributed by atoms with Gasteiger partial charge in [-0.1, -0.05) is 48.5 Å². The third kappa shape index (κ3) is 4.62. The Labute approximate surface area is 172 Å². The highest BCUT2D eigenvalue weighted by molar-refractivity contribution is 5.95. The van der Waals surface area contributed by atoms with Crippen LogP contribution in [-0.4, -0.2) is 17.1 Å². The van der Waals surface area contributed by atoms with Gasteiger partial charge in [-0.05, 0) is 47.3 Å². The van der Waals surface area contributed by atoms with Gasteiger partial charge >= 0.3 is 0 Å². The number of ether oxygens (including phenoxy) is 1. The topological polar surface area (TPSA) is 83.5 Å². The number of pyridine rings is 1. The Morgan fingerprint density at radius 1 is 0.967 bits per heavy atom. The van der Waals surface area contributed by atoms with Gasteiger partial charge in [-0.15, -0.1) is 0 Å². The van der Waals surface area contributed by atoms with Crippen LogP contribution in [-0.2, 0) is 6.61 Å². The molecule has 0 bridgehead atoms. The van der Waals surface area contributed by atoms with Gasteiger partial charge in [-0.25, -0.2) is 5.43 Å². The summed E-state index contributed by atoms with van der Waals surface area (Å²) < 4.78 is 5.71. The van der Waals surface area contributed by atoms with Crippen LogP contribution in [0.25, 0.3) is 10.9 Å². The van der Waals surface area contributed by atoms with Crippen LogP contribution < -0.4 is 15.7 Å². The number of hydrogen-bond donors (Lipinski definition) is 2. The SMILES string of the molecule is O=C(N/N=C\c1cc2ccccc2[nH]c1=O)c1ccc(OCc2ccccc2)cc1. The van der Waals surface area contributed by atoms with E-state index in [1.165, 1.54) is 6.21 Å². The average Bonchev–Trinajstić information content (AvgIpc) is 2.79. The van der Waals surface area contributed by atoms with Crippen LogP contribution in [0.1, 0.15) is 21.5 Å². The Bertz CT molecular complexity index is 1250. The van der Waals surface area contributed by atoms with E-state index in [4.69, 9.17) is 4.74 Å². The van der Waals surface area contributed by atoms with Crippen LogP contribution in [0.4, 0.5) is 0 Å². The molecule has 0 saturated carbocycles. The molecule has 4 rings (SSSR count). The third-order valence-corrected chi connectivity index (χ3v) is 4.52. The lowest BCUT2D eigenvalue weighted by Gasteiger charge is -2.07. The average molecular weight is 397 g/mol. The van der Waals surface area contributed by atoms with Gasteiger partial charge in [-0.2, -0.15) is 5.10 Å². The molecule has 0 aliphatic heterocycles. The van der Waals surface area contributed by atoms with Crippen LogP contribution in [0, 0.1) is 0 Å². The number of aromatic nitrogens is 1. The van der Waals surface area contributed by atoms with Gasteiger partial charge in [0.05, 0.1) is 11.8 Å². The van der Waals surface area contributed by atoms with Gasteiger partial charge < -0.3 is 9.72 Å². The number of H-pyrrole nitrogens is 1. The Balaban J connectivity index is 1.37. The Morgan fingerprint density at radius 3 is 2.50 bits per heavy atom. The van der Waals surface area contributed by atoms with Gasteiger partial charge in [0.1, 0.15) is 12.4 Å². The van der Waals surface area contributed by atoms with Gasteiger partial charge in [0.2, 0.25) is 0 Å². The number of aromatic amines is 1. The molecule has 148 valence electrons. The summed E-state index contributed by atoms with van der Waals surface area (Å²) in [6.07, 6.45) is 1.33. The van der Waals surface area contributed by atoms with Crippen molar-refractivity contribution in [3.63, 3.8) is 0 Å². The largest absolute Gasteiger partial charge is 0.489 e. The van der Waals surface area contributed by atoms with E-state index in [-0.39, 0.29) is 11.5 Å². The van der Waals surface area contributed by atoms with Gasteiger partial charge in [-0.3, -0.25) is 9.59 Å². The van der Waals surface area contributed by atoms with Crippen molar-refractivity contribution in [3.8, 4) is 5.75 Å². The molecule has 0 spiro atoms. The number of carbonyl (C=O) groups excluding carboxylic acids is 1. The first kappa shape index (κ1) is 19.1. The van der Waals surface area contributed by atoms with Crippen LogP contribution in [0.2, 0.25) is 0 Å².